The summed E-state index contributed by atoms with van der Waals surface area (Å²) in [6.45, 7) is 1.54. The first kappa shape index (κ1) is 18.6. The number of hydrogen-bond acceptors (Lipinski definition) is 2. The molecular weight excluding hydrogens is 326 g/mol. The molecule has 0 aromatic heterocycles. The third-order valence-electron chi connectivity index (χ3n) is 3.83. The zero-order valence-electron chi connectivity index (χ0n) is 14.2. The Hall–Kier alpha value is -2.76. The summed E-state index contributed by atoms with van der Waals surface area (Å²) in [7, 11) is 1.65. The van der Waals surface area contributed by atoms with Gasteiger partial charge in [-0.3, -0.25) is 9.59 Å². The van der Waals surface area contributed by atoms with Crippen molar-refractivity contribution in [1.29, 1.82) is 0 Å². The molecule has 0 bridgehead atoms. The molecule has 0 N–H and O–H groups in total. The van der Waals surface area contributed by atoms with Crippen LogP contribution >= 0.6 is 0 Å². The quantitative estimate of drug-likeness (QED) is 0.805. The lowest BCUT2D eigenvalue weighted by Crippen LogP contribution is -2.35. The van der Waals surface area contributed by atoms with E-state index in [0.29, 0.717) is 6.54 Å². The molecule has 132 valence electrons. The van der Waals surface area contributed by atoms with Crippen molar-refractivity contribution < 1.29 is 18.4 Å². The third-order valence-corrected chi connectivity index (χ3v) is 3.83. The molecule has 0 atom stereocenters. The average molecular weight is 346 g/mol. The van der Waals surface area contributed by atoms with Crippen molar-refractivity contribution in [2.24, 2.45) is 0 Å². The van der Waals surface area contributed by atoms with Crippen molar-refractivity contribution in [3.8, 4) is 0 Å². The van der Waals surface area contributed by atoms with Crippen molar-refractivity contribution >= 4 is 17.5 Å². The van der Waals surface area contributed by atoms with E-state index in [1.807, 2.05) is 30.3 Å². The standard InChI is InChI=1S/C19H20F2N2O2/c1-14(24)23(19-16(20)9-6-10-17(19)21)12-11-18(25)22(2)13-15-7-4-3-5-8-15/h3-10H,11-13H2,1-2H3. The summed E-state index contributed by atoms with van der Waals surface area (Å²) in [6.07, 6.45) is -0.0311. The van der Waals surface area contributed by atoms with Crippen LogP contribution in [0.25, 0.3) is 0 Å². The largest absolute Gasteiger partial charge is 0.341 e. The van der Waals surface area contributed by atoms with E-state index in [1.54, 1.807) is 7.05 Å². The van der Waals surface area contributed by atoms with Gasteiger partial charge in [-0.05, 0) is 17.7 Å². The molecular formula is C19H20F2N2O2. The fourth-order valence-electron chi connectivity index (χ4n) is 2.52. The van der Waals surface area contributed by atoms with Gasteiger partial charge in [0.1, 0.15) is 17.3 Å². The predicted molar refractivity (Wildman–Crippen MR) is 91.9 cm³/mol. The van der Waals surface area contributed by atoms with E-state index in [-0.39, 0.29) is 18.9 Å². The number of anilines is 1. The van der Waals surface area contributed by atoms with Gasteiger partial charge in [0.2, 0.25) is 11.8 Å². The van der Waals surface area contributed by atoms with Crippen LogP contribution < -0.4 is 4.90 Å². The zero-order valence-corrected chi connectivity index (χ0v) is 14.2. The van der Waals surface area contributed by atoms with Gasteiger partial charge in [0.15, 0.2) is 0 Å². The molecule has 0 heterocycles. The Morgan fingerprint density at radius 3 is 2.12 bits per heavy atom. The van der Waals surface area contributed by atoms with Crippen LogP contribution in [0.5, 0.6) is 0 Å². The van der Waals surface area contributed by atoms with E-state index in [2.05, 4.69) is 0 Å². The minimum absolute atomic E-state index is 0.0311. The summed E-state index contributed by atoms with van der Waals surface area (Å²) in [5, 5.41) is 0. The number of halogens is 2. The number of para-hydroxylation sites is 1. The van der Waals surface area contributed by atoms with Crippen molar-refractivity contribution in [3.05, 3.63) is 65.7 Å². The summed E-state index contributed by atoms with van der Waals surface area (Å²) in [5.74, 6) is -2.41. The van der Waals surface area contributed by atoms with E-state index < -0.39 is 23.2 Å². The van der Waals surface area contributed by atoms with Gasteiger partial charge in [-0.25, -0.2) is 8.78 Å². The van der Waals surface area contributed by atoms with Gasteiger partial charge in [-0.1, -0.05) is 36.4 Å². The van der Waals surface area contributed by atoms with E-state index in [4.69, 9.17) is 0 Å². The van der Waals surface area contributed by atoms with Gasteiger partial charge in [0.25, 0.3) is 0 Å². The van der Waals surface area contributed by atoms with Crippen molar-refractivity contribution in [2.45, 2.75) is 19.9 Å². The van der Waals surface area contributed by atoms with Crippen LogP contribution in [-0.4, -0.2) is 30.3 Å². The molecule has 0 radical (unpaired) electrons. The van der Waals surface area contributed by atoms with Crippen molar-refractivity contribution in [2.75, 3.05) is 18.5 Å². The summed E-state index contributed by atoms with van der Waals surface area (Å²) in [5.41, 5.74) is 0.551. The first-order chi connectivity index (χ1) is 11.9. The zero-order chi connectivity index (χ0) is 18.4. The number of rotatable bonds is 6. The summed E-state index contributed by atoms with van der Waals surface area (Å²) in [6, 6.07) is 12.8. The van der Waals surface area contributed by atoms with Crippen LogP contribution in [-0.2, 0) is 16.1 Å². The Morgan fingerprint density at radius 1 is 0.960 bits per heavy atom. The van der Waals surface area contributed by atoms with Gasteiger partial charge >= 0.3 is 0 Å². The molecule has 0 saturated carbocycles. The summed E-state index contributed by atoms with van der Waals surface area (Å²) in [4.78, 5) is 26.5. The first-order valence-electron chi connectivity index (χ1n) is 7.90. The lowest BCUT2D eigenvalue weighted by Gasteiger charge is -2.24. The van der Waals surface area contributed by atoms with Crippen LogP contribution in [0.4, 0.5) is 14.5 Å². The highest BCUT2D eigenvalue weighted by Crippen LogP contribution is 2.23. The molecule has 0 unspecified atom stereocenters. The molecule has 6 heteroatoms. The molecule has 2 rings (SSSR count). The van der Waals surface area contributed by atoms with Gasteiger partial charge in [-0.2, -0.15) is 0 Å². The van der Waals surface area contributed by atoms with E-state index in [0.717, 1.165) is 22.6 Å². The van der Waals surface area contributed by atoms with Gasteiger partial charge < -0.3 is 9.80 Å². The van der Waals surface area contributed by atoms with Crippen LogP contribution in [0.1, 0.15) is 18.9 Å². The molecule has 0 spiro atoms. The second-order valence-corrected chi connectivity index (χ2v) is 5.73. The number of amides is 2. The third kappa shape index (κ3) is 4.86. The molecule has 2 aromatic rings. The molecule has 4 nitrogen and oxygen atoms in total. The number of benzene rings is 2. The monoisotopic (exact) mass is 346 g/mol. The normalized spacial score (nSPS) is 10.4. The Balaban J connectivity index is 2.04. The minimum Gasteiger partial charge on any atom is -0.341 e. The molecule has 0 fully saturated rings. The molecule has 0 aliphatic rings. The Morgan fingerprint density at radius 2 is 1.56 bits per heavy atom. The topological polar surface area (TPSA) is 40.6 Å². The van der Waals surface area contributed by atoms with Crippen LogP contribution in [0, 0.1) is 11.6 Å². The van der Waals surface area contributed by atoms with E-state index in [9.17, 15) is 18.4 Å². The van der Waals surface area contributed by atoms with Gasteiger partial charge in [0, 0.05) is 33.5 Å². The maximum atomic E-state index is 13.9. The highest BCUT2D eigenvalue weighted by Gasteiger charge is 2.21. The van der Waals surface area contributed by atoms with Crippen LogP contribution in [0.3, 0.4) is 0 Å². The average Bonchev–Trinajstić information content (AvgIpc) is 2.57. The van der Waals surface area contributed by atoms with Crippen LogP contribution in [0.15, 0.2) is 48.5 Å². The SMILES string of the molecule is CC(=O)N(CCC(=O)N(C)Cc1ccccc1)c1c(F)cccc1F. The van der Waals surface area contributed by atoms with Gasteiger partial charge in [0.05, 0.1) is 0 Å². The number of carbonyl (C=O) groups excluding carboxylic acids is 2. The molecule has 2 aromatic carbocycles. The summed E-state index contributed by atoms with van der Waals surface area (Å²) >= 11 is 0. The van der Waals surface area contributed by atoms with E-state index in [1.165, 1.54) is 17.9 Å². The number of hydrogen-bond donors (Lipinski definition) is 0. The number of carbonyl (C=O) groups is 2. The Labute approximate surface area is 145 Å². The maximum Gasteiger partial charge on any atom is 0.224 e. The first-order valence-corrected chi connectivity index (χ1v) is 7.90. The lowest BCUT2D eigenvalue weighted by atomic mass is 10.2. The fraction of sp³-hybridized carbons (Fsp3) is 0.263. The van der Waals surface area contributed by atoms with Crippen molar-refractivity contribution in [1.82, 2.24) is 4.90 Å². The Kier molecular flexibility index (Phi) is 6.22. The summed E-state index contributed by atoms with van der Waals surface area (Å²) < 4.78 is 27.8. The molecule has 2 amide bonds. The Bertz CT molecular complexity index is 730. The van der Waals surface area contributed by atoms with E-state index >= 15 is 0 Å². The second-order valence-electron chi connectivity index (χ2n) is 5.73. The number of nitrogens with zero attached hydrogens (tertiary/aromatic N) is 2. The molecule has 0 saturated heterocycles. The molecule has 0 aliphatic heterocycles. The van der Waals surface area contributed by atoms with Crippen LogP contribution in [0.2, 0.25) is 0 Å². The lowest BCUT2D eigenvalue weighted by molar-refractivity contribution is -0.130. The minimum atomic E-state index is -0.833. The van der Waals surface area contributed by atoms with Crippen molar-refractivity contribution in [3.63, 3.8) is 0 Å². The predicted octanol–water partition coefficient (Wildman–Crippen LogP) is 3.37. The van der Waals surface area contributed by atoms with Gasteiger partial charge in [-0.15, -0.1) is 0 Å². The molecule has 25 heavy (non-hydrogen) atoms. The highest BCUT2D eigenvalue weighted by atomic mass is 19.1. The highest BCUT2D eigenvalue weighted by molar-refractivity contribution is 5.92. The fourth-order valence-corrected chi connectivity index (χ4v) is 2.52. The molecule has 0 aliphatic carbocycles. The second kappa shape index (κ2) is 8.37. The maximum absolute atomic E-state index is 13.9. The smallest absolute Gasteiger partial charge is 0.224 e.